The van der Waals surface area contributed by atoms with Gasteiger partial charge in [-0.1, -0.05) is 11.6 Å². The van der Waals surface area contributed by atoms with Crippen molar-refractivity contribution in [2.24, 2.45) is 5.73 Å². The number of aromatic nitrogens is 3. The van der Waals surface area contributed by atoms with Crippen LogP contribution in [0.4, 0.5) is 0 Å². The summed E-state index contributed by atoms with van der Waals surface area (Å²) in [6.07, 6.45) is 2.89. The molecule has 10 heteroatoms. The van der Waals surface area contributed by atoms with E-state index in [9.17, 15) is 4.79 Å². The summed E-state index contributed by atoms with van der Waals surface area (Å²) in [6, 6.07) is 7.29. The Morgan fingerprint density at radius 2 is 2.20 bits per heavy atom. The number of carbonyl (C=O) groups is 1. The third-order valence-electron chi connectivity index (χ3n) is 4.94. The van der Waals surface area contributed by atoms with Crippen LogP contribution in [0.3, 0.4) is 0 Å². The summed E-state index contributed by atoms with van der Waals surface area (Å²) >= 11 is 11.6. The summed E-state index contributed by atoms with van der Waals surface area (Å²) in [4.78, 5) is 13.3. The van der Waals surface area contributed by atoms with Gasteiger partial charge in [-0.05, 0) is 56.4 Å². The van der Waals surface area contributed by atoms with Crippen molar-refractivity contribution in [1.29, 1.82) is 0 Å². The van der Waals surface area contributed by atoms with Crippen LogP contribution in [-0.4, -0.2) is 58.1 Å². The summed E-state index contributed by atoms with van der Waals surface area (Å²) in [5, 5.41) is 5.33. The molecule has 2 aromatic rings. The van der Waals surface area contributed by atoms with Crippen molar-refractivity contribution in [2.45, 2.75) is 45.0 Å². The van der Waals surface area contributed by atoms with Gasteiger partial charge in [0.15, 0.2) is 4.77 Å². The first kappa shape index (κ1) is 22.7. The average Bonchev–Trinajstić information content (AvgIpc) is 3.32. The van der Waals surface area contributed by atoms with E-state index in [4.69, 9.17) is 39.0 Å². The first-order valence-electron chi connectivity index (χ1n) is 10.1. The lowest BCUT2D eigenvalue weighted by Crippen LogP contribution is -2.27. The third kappa shape index (κ3) is 6.53. The molecule has 30 heavy (non-hydrogen) atoms. The number of amides is 1. The number of ether oxygens (including phenoxy) is 2. The SMILES string of the molecule is CN(CCOc1ccc(Cl)cc1)Cn1nc(CCC(N)=O)n(C[C@@H]2CCCO2)c1=S. The number of carbonyl (C=O) groups excluding carboxylic acids is 1. The normalized spacial score (nSPS) is 16.3. The number of nitrogens with zero attached hydrogens (tertiary/aromatic N) is 4. The van der Waals surface area contributed by atoms with Gasteiger partial charge in [-0.25, -0.2) is 4.68 Å². The Bertz CT molecular complexity index is 893. The van der Waals surface area contributed by atoms with Gasteiger partial charge in [0.1, 0.15) is 18.2 Å². The van der Waals surface area contributed by atoms with E-state index < -0.39 is 0 Å². The number of halogens is 1. The van der Waals surface area contributed by atoms with E-state index in [2.05, 4.69) is 10.00 Å². The van der Waals surface area contributed by atoms with Crippen LogP contribution in [0.1, 0.15) is 25.1 Å². The zero-order chi connectivity index (χ0) is 21.5. The minimum atomic E-state index is -0.351. The van der Waals surface area contributed by atoms with E-state index in [0.29, 0.717) is 42.6 Å². The van der Waals surface area contributed by atoms with Crippen molar-refractivity contribution < 1.29 is 14.3 Å². The van der Waals surface area contributed by atoms with Gasteiger partial charge < -0.3 is 19.8 Å². The number of primary amides is 1. The van der Waals surface area contributed by atoms with Gasteiger partial charge in [0.2, 0.25) is 5.91 Å². The first-order valence-corrected chi connectivity index (χ1v) is 10.8. The lowest BCUT2D eigenvalue weighted by atomic mass is 10.2. The topological polar surface area (TPSA) is 87.5 Å². The second-order valence-electron chi connectivity index (χ2n) is 7.43. The number of nitrogens with two attached hydrogens (primary N) is 1. The molecule has 0 bridgehead atoms. The Morgan fingerprint density at radius 1 is 1.43 bits per heavy atom. The molecular weight excluding hydrogens is 426 g/mol. The zero-order valence-electron chi connectivity index (χ0n) is 17.1. The van der Waals surface area contributed by atoms with Crippen LogP contribution < -0.4 is 10.5 Å². The molecule has 1 fully saturated rings. The highest BCUT2D eigenvalue weighted by Gasteiger charge is 2.20. The minimum absolute atomic E-state index is 0.132. The molecule has 164 valence electrons. The maximum absolute atomic E-state index is 11.3. The molecule has 0 spiro atoms. The van der Waals surface area contributed by atoms with E-state index in [1.807, 2.05) is 23.7 Å². The van der Waals surface area contributed by atoms with Crippen LogP contribution in [0.25, 0.3) is 0 Å². The van der Waals surface area contributed by atoms with Crippen LogP contribution in [0.2, 0.25) is 5.02 Å². The molecule has 1 saturated heterocycles. The molecule has 3 rings (SSSR count). The highest BCUT2D eigenvalue weighted by Crippen LogP contribution is 2.17. The number of rotatable bonds is 11. The van der Waals surface area contributed by atoms with Crippen LogP contribution >= 0.6 is 23.8 Å². The highest BCUT2D eigenvalue weighted by atomic mass is 35.5. The summed E-state index contributed by atoms with van der Waals surface area (Å²) in [5.41, 5.74) is 5.33. The third-order valence-corrected chi connectivity index (χ3v) is 5.62. The molecule has 0 saturated carbocycles. The highest BCUT2D eigenvalue weighted by molar-refractivity contribution is 7.71. The molecule has 2 N–H and O–H groups in total. The fraction of sp³-hybridized carbons (Fsp3) is 0.550. The molecule has 8 nitrogen and oxygen atoms in total. The van der Waals surface area contributed by atoms with E-state index >= 15 is 0 Å². The van der Waals surface area contributed by atoms with Gasteiger partial charge in [0.05, 0.1) is 19.3 Å². The average molecular weight is 454 g/mol. The molecule has 2 heterocycles. The summed E-state index contributed by atoms with van der Waals surface area (Å²) in [7, 11) is 1.98. The second-order valence-corrected chi connectivity index (χ2v) is 8.24. The van der Waals surface area contributed by atoms with Crippen LogP contribution in [0.5, 0.6) is 5.75 Å². The van der Waals surface area contributed by atoms with Gasteiger partial charge in [0.25, 0.3) is 0 Å². The predicted molar refractivity (Wildman–Crippen MR) is 117 cm³/mol. The van der Waals surface area contributed by atoms with Gasteiger partial charge in [-0.3, -0.25) is 9.69 Å². The fourth-order valence-electron chi connectivity index (χ4n) is 3.32. The van der Waals surface area contributed by atoms with Gasteiger partial charge >= 0.3 is 0 Å². The van der Waals surface area contributed by atoms with Crippen molar-refractivity contribution in [2.75, 3.05) is 26.8 Å². The molecule has 1 amide bonds. The summed E-state index contributed by atoms with van der Waals surface area (Å²) in [5.74, 6) is 1.19. The molecule has 0 radical (unpaired) electrons. The number of benzene rings is 1. The number of aryl methyl sites for hydroxylation is 1. The van der Waals surface area contributed by atoms with E-state index in [0.717, 1.165) is 31.0 Å². The van der Waals surface area contributed by atoms with Crippen molar-refractivity contribution in [3.8, 4) is 5.75 Å². The molecule has 1 aliphatic rings. The Labute approximate surface area is 186 Å². The van der Waals surface area contributed by atoms with Gasteiger partial charge in [0, 0.05) is 31.0 Å². The van der Waals surface area contributed by atoms with E-state index in [1.54, 1.807) is 16.8 Å². The van der Waals surface area contributed by atoms with Crippen LogP contribution in [0, 0.1) is 4.77 Å². The van der Waals surface area contributed by atoms with Crippen molar-refractivity contribution in [1.82, 2.24) is 19.2 Å². The van der Waals surface area contributed by atoms with Gasteiger partial charge in [-0.2, -0.15) is 5.10 Å². The van der Waals surface area contributed by atoms with E-state index in [-0.39, 0.29) is 18.4 Å². The maximum Gasteiger partial charge on any atom is 0.217 e. The van der Waals surface area contributed by atoms with Crippen molar-refractivity contribution in [3.63, 3.8) is 0 Å². The predicted octanol–water partition coefficient (Wildman–Crippen LogP) is 2.63. The Kier molecular flexibility index (Phi) is 8.26. The molecule has 1 atom stereocenters. The van der Waals surface area contributed by atoms with Crippen molar-refractivity contribution >= 4 is 29.7 Å². The van der Waals surface area contributed by atoms with Gasteiger partial charge in [-0.15, -0.1) is 0 Å². The smallest absolute Gasteiger partial charge is 0.217 e. The molecule has 1 aromatic heterocycles. The Hall–Kier alpha value is -1.94. The first-order chi connectivity index (χ1) is 14.4. The minimum Gasteiger partial charge on any atom is -0.492 e. The zero-order valence-corrected chi connectivity index (χ0v) is 18.7. The number of likely N-dealkylation sites (N-methyl/N-ethyl adjacent to an activating group) is 1. The number of hydrogen-bond acceptors (Lipinski definition) is 6. The maximum atomic E-state index is 11.3. The molecule has 1 aliphatic heterocycles. The molecule has 0 unspecified atom stereocenters. The quantitative estimate of drug-likeness (QED) is 0.526. The Morgan fingerprint density at radius 3 is 2.87 bits per heavy atom. The Balaban J connectivity index is 1.60. The second kappa shape index (κ2) is 10.9. The largest absolute Gasteiger partial charge is 0.492 e. The summed E-state index contributed by atoms with van der Waals surface area (Å²) in [6.45, 7) is 3.16. The number of hydrogen-bond donors (Lipinski definition) is 1. The van der Waals surface area contributed by atoms with E-state index in [1.165, 1.54) is 0 Å². The van der Waals surface area contributed by atoms with Crippen LogP contribution in [-0.2, 0) is 29.2 Å². The molecule has 1 aromatic carbocycles. The van der Waals surface area contributed by atoms with Crippen molar-refractivity contribution in [3.05, 3.63) is 39.9 Å². The summed E-state index contributed by atoms with van der Waals surface area (Å²) < 4.78 is 15.9. The lowest BCUT2D eigenvalue weighted by Gasteiger charge is -2.17. The molecular formula is C20H28ClN5O3S. The monoisotopic (exact) mass is 453 g/mol. The lowest BCUT2D eigenvalue weighted by molar-refractivity contribution is -0.118. The standard InChI is InChI=1S/C20H28ClN5O3S/c1-24(10-12-29-16-6-4-15(21)5-7-16)14-26-20(30)25(13-17-3-2-11-28-17)19(23-26)9-8-18(22)27/h4-7,17H,2-3,8-14H2,1H3,(H2,22,27)/t17-/m0/s1. The fourth-order valence-corrected chi connectivity index (χ4v) is 3.73. The molecule has 0 aliphatic carbocycles. The van der Waals surface area contributed by atoms with Crippen LogP contribution in [0.15, 0.2) is 24.3 Å².